The van der Waals surface area contributed by atoms with Crippen LogP contribution in [0.4, 0.5) is 0 Å². The summed E-state index contributed by atoms with van der Waals surface area (Å²) in [6, 6.07) is 14.1. The van der Waals surface area contributed by atoms with Crippen LogP contribution in [0.3, 0.4) is 0 Å². The molecule has 2 saturated heterocycles. The van der Waals surface area contributed by atoms with E-state index in [-0.39, 0.29) is 17.3 Å². The number of amides is 2. The van der Waals surface area contributed by atoms with E-state index in [0.29, 0.717) is 12.3 Å². The fourth-order valence-electron chi connectivity index (χ4n) is 4.32. The van der Waals surface area contributed by atoms with Crippen molar-refractivity contribution in [2.24, 2.45) is 0 Å². The van der Waals surface area contributed by atoms with Gasteiger partial charge in [0.25, 0.3) is 0 Å². The molecular formula is C23H28N4O2S. The highest BCUT2D eigenvalue weighted by Gasteiger charge is 2.42. The van der Waals surface area contributed by atoms with Gasteiger partial charge in [-0.15, -0.1) is 11.8 Å². The molecule has 2 fully saturated rings. The number of rotatable bonds is 7. The van der Waals surface area contributed by atoms with Gasteiger partial charge in [-0.25, -0.2) is 0 Å². The lowest BCUT2D eigenvalue weighted by Crippen LogP contribution is -2.58. The van der Waals surface area contributed by atoms with Crippen molar-refractivity contribution in [1.29, 1.82) is 0 Å². The van der Waals surface area contributed by atoms with Crippen molar-refractivity contribution < 1.29 is 9.59 Å². The lowest BCUT2D eigenvalue weighted by atomic mass is 10.0. The number of carbonyl (C=O) groups is 2. The second-order valence-electron chi connectivity index (χ2n) is 7.81. The van der Waals surface area contributed by atoms with Gasteiger partial charge in [-0.2, -0.15) is 0 Å². The molecule has 7 heteroatoms. The van der Waals surface area contributed by atoms with Gasteiger partial charge in [0.15, 0.2) is 0 Å². The highest BCUT2D eigenvalue weighted by molar-refractivity contribution is 7.99. The normalized spacial score (nSPS) is 24.1. The van der Waals surface area contributed by atoms with E-state index in [1.807, 2.05) is 23.1 Å². The Balaban J connectivity index is 1.40. The first-order valence-corrected chi connectivity index (χ1v) is 11.6. The maximum absolute atomic E-state index is 13.5. The number of aromatic nitrogens is 1. The molecule has 0 aliphatic carbocycles. The van der Waals surface area contributed by atoms with Gasteiger partial charge in [0.1, 0.15) is 11.4 Å². The molecule has 6 nitrogen and oxygen atoms in total. The Morgan fingerprint density at radius 2 is 2.10 bits per heavy atom. The molecule has 0 spiro atoms. The van der Waals surface area contributed by atoms with Gasteiger partial charge in [-0.1, -0.05) is 36.4 Å². The third-order valence-corrected chi connectivity index (χ3v) is 7.24. The van der Waals surface area contributed by atoms with Gasteiger partial charge in [0.05, 0.1) is 0 Å². The van der Waals surface area contributed by atoms with E-state index >= 15 is 0 Å². The molecule has 158 valence electrons. The summed E-state index contributed by atoms with van der Waals surface area (Å²) in [6.45, 7) is 2.31. The number of hydrogen-bond acceptors (Lipinski definition) is 5. The van der Waals surface area contributed by atoms with Crippen molar-refractivity contribution in [2.75, 3.05) is 25.4 Å². The molecule has 30 heavy (non-hydrogen) atoms. The number of thioether (sulfide) groups is 1. The first-order chi connectivity index (χ1) is 14.8. The molecule has 2 aliphatic heterocycles. The van der Waals surface area contributed by atoms with Crippen molar-refractivity contribution in [3.63, 3.8) is 0 Å². The van der Waals surface area contributed by atoms with Gasteiger partial charge >= 0.3 is 0 Å². The maximum Gasteiger partial charge on any atom is 0.246 e. The molecular weight excluding hydrogens is 396 g/mol. The summed E-state index contributed by atoms with van der Waals surface area (Å²) in [4.78, 5) is 33.2. The van der Waals surface area contributed by atoms with E-state index in [1.165, 1.54) is 5.56 Å². The van der Waals surface area contributed by atoms with E-state index in [9.17, 15) is 9.59 Å². The zero-order valence-corrected chi connectivity index (χ0v) is 17.8. The summed E-state index contributed by atoms with van der Waals surface area (Å²) in [5.41, 5.74) is 2.29. The summed E-state index contributed by atoms with van der Waals surface area (Å²) in [5.74, 6) is 0.699. The Hall–Kier alpha value is -2.38. The van der Waals surface area contributed by atoms with Crippen LogP contribution in [0.2, 0.25) is 0 Å². The van der Waals surface area contributed by atoms with Crippen LogP contribution in [0, 0.1) is 0 Å². The Morgan fingerprint density at radius 1 is 1.23 bits per heavy atom. The zero-order chi connectivity index (χ0) is 20.8. The molecule has 0 radical (unpaired) electrons. The summed E-state index contributed by atoms with van der Waals surface area (Å²) in [6.07, 6.45) is 7.33. The molecule has 3 unspecified atom stereocenters. The number of nitrogens with zero attached hydrogens (tertiary/aromatic N) is 3. The minimum atomic E-state index is -0.410. The van der Waals surface area contributed by atoms with Crippen LogP contribution >= 0.6 is 11.8 Å². The van der Waals surface area contributed by atoms with Crippen molar-refractivity contribution >= 4 is 24.1 Å². The average molecular weight is 425 g/mol. The molecule has 1 aromatic carbocycles. The Morgan fingerprint density at radius 3 is 2.87 bits per heavy atom. The molecule has 3 heterocycles. The van der Waals surface area contributed by atoms with Gasteiger partial charge in [0.2, 0.25) is 12.3 Å². The molecule has 1 aromatic heterocycles. The first-order valence-electron chi connectivity index (χ1n) is 10.6. The van der Waals surface area contributed by atoms with Crippen molar-refractivity contribution in [3.8, 4) is 0 Å². The fraction of sp³-hybridized carbons (Fsp3) is 0.435. The number of carbonyl (C=O) groups excluding carboxylic acids is 2. The van der Waals surface area contributed by atoms with Gasteiger partial charge in [-0.05, 0) is 30.9 Å². The van der Waals surface area contributed by atoms with E-state index in [2.05, 4.69) is 34.6 Å². The number of hydrogen-bond donors (Lipinski definition) is 1. The second kappa shape index (κ2) is 10.1. The minimum absolute atomic E-state index is 0.0761. The number of aryl methyl sites for hydroxylation is 1. The lowest BCUT2D eigenvalue weighted by Gasteiger charge is -2.39. The number of nitrogens with one attached hydrogen (secondary N) is 1. The van der Waals surface area contributed by atoms with Crippen molar-refractivity contribution in [3.05, 3.63) is 66.0 Å². The van der Waals surface area contributed by atoms with Crippen LogP contribution in [0.1, 0.15) is 29.3 Å². The molecule has 2 aromatic rings. The number of pyridine rings is 1. The maximum atomic E-state index is 13.5. The Kier molecular flexibility index (Phi) is 7.02. The van der Waals surface area contributed by atoms with Crippen LogP contribution in [0.25, 0.3) is 0 Å². The van der Waals surface area contributed by atoms with Crippen molar-refractivity contribution in [2.45, 2.75) is 36.7 Å². The topological polar surface area (TPSA) is 65.5 Å². The number of piperazine rings is 1. The van der Waals surface area contributed by atoms with Crippen LogP contribution in [0.15, 0.2) is 54.9 Å². The lowest BCUT2D eigenvalue weighted by molar-refractivity contribution is -0.142. The Labute approximate surface area is 182 Å². The van der Waals surface area contributed by atoms with E-state index in [4.69, 9.17) is 0 Å². The SMILES string of the molecule is O=CN1C(C(=O)N2CCNCC2CCCc2ccccc2)CSC1c1cccnc1. The second-order valence-corrected chi connectivity index (χ2v) is 8.92. The van der Waals surface area contributed by atoms with E-state index in [1.54, 1.807) is 29.1 Å². The number of benzene rings is 1. The quantitative estimate of drug-likeness (QED) is 0.692. The highest BCUT2D eigenvalue weighted by Crippen LogP contribution is 2.40. The summed E-state index contributed by atoms with van der Waals surface area (Å²) >= 11 is 1.64. The largest absolute Gasteiger partial charge is 0.335 e. The molecule has 1 N–H and O–H groups in total. The third-order valence-electron chi connectivity index (χ3n) is 5.90. The standard InChI is InChI=1S/C23H28N4O2S/c28-17-27-21(16-30-23(27)19-9-5-11-24-14-19)22(29)26-13-12-25-15-20(26)10-4-8-18-6-2-1-3-7-18/h1-3,5-7,9,11,14,17,20-21,23,25H,4,8,10,12-13,15-16H2. The van der Waals surface area contributed by atoms with Gasteiger partial charge in [-0.3, -0.25) is 14.6 Å². The van der Waals surface area contributed by atoms with Crippen molar-refractivity contribution in [1.82, 2.24) is 20.1 Å². The van der Waals surface area contributed by atoms with Gasteiger partial charge in [0, 0.05) is 49.4 Å². The Bertz CT molecular complexity index is 836. The monoisotopic (exact) mass is 424 g/mol. The highest BCUT2D eigenvalue weighted by atomic mass is 32.2. The van der Waals surface area contributed by atoms with Crippen LogP contribution in [0.5, 0.6) is 0 Å². The molecule has 0 saturated carbocycles. The van der Waals surface area contributed by atoms with Crippen LogP contribution in [-0.4, -0.2) is 64.6 Å². The predicted molar refractivity (Wildman–Crippen MR) is 119 cm³/mol. The smallest absolute Gasteiger partial charge is 0.246 e. The summed E-state index contributed by atoms with van der Waals surface area (Å²) in [7, 11) is 0. The van der Waals surface area contributed by atoms with E-state index in [0.717, 1.165) is 44.3 Å². The molecule has 2 amide bonds. The average Bonchev–Trinajstić information content (AvgIpc) is 3.24. The summed E-state index contributed by atoms with van der Waals surface area (Å²) in [5, 5.41) is 3.28. The van der Waals surface area contributed by atoms with Crippen LogP contribution in [-0.2, 0) is 16.0 Å². The molecule has 2 aliphatic rings. The first kappa shape index (κ1) is 20.9. The molecule has 4 rings (SSSR count). The van der Waals surface area contributed by atoms with E-state index < -0.39 is 6.04 Å². The third kappa shape index (κ3) is 4.68. The molecule has 3 atom stereocenters. The predicted octanol–water partition coefficient (Wildman–Crippen LogP) is 2.48. The molecule has 0 bridgehead atoms. The fourth-order valence-corrected chi connectivity index (χ4v) is 5.70. The minimum Gasteiger partial charge on any atom is -0.335 e. The summed E-state index contributed by atoms with van der Waals surface area (Å²) < 4.78 is 0. The van der Waals surface area contributed by atoms with Crippen LogP contribution < -0.4 is 5.32 Å². The van der Waals surface area contributed by atoms with Gasteiger partial charge < -0.3 is 15.1 Å². The zero-order valence-electron chi connectivity index (χ0n) is 17.0.